The summed E-state index contributed by atoms with van der Waals surface area (Å²) in [6.07, 6.45) is 0.723. The van der Waals surface area contributed by atoms with Crippen LogP contribution in [-0.4, -0.2) is 41.5 Å². The SMILES string of the molecule is Cc1cccc(NC(=O)C(=O)N2CCC(CO)C2)c1Cl. The first-order valence-electron chi connectivity index (χ1n) is 6.49. The molecular weight excluding hydrogens is 280 g/mol. The molecule has 0 aliphatic carbocycles. The Bertz CT molecular complexity index is 533. The first-order valence-corrected chi connectivity index (χ1v) is 6.87. The maximum atomic E-state index is 12.0. The van der Waals surface area contributed by atoms with Gasteiger partial charge in [0.15, 0.2) is 0 Å². The van der Waals surface area contributed by atoms with Gasteiger partial charge in [-0.25, -0.2) is 0 Å². The van der Waals surface area contributed by atoms with Crippen LogP contribution in [-0.2, 0) is 9.59 Å². The van der Waals surface area contributed by atoms with Crippen molar-refractivity contribution in [1.82, 2.24) is 4.90 Å². The molecule has 2 N–H and O–H groups in total. The standard InChI is InChI=1S/C14H17ClN2O3/c1-9-3-2-4-11(12(9)15)16-13(19)14(20)17-6-5-10(7-17)8-18/h2-4,10,18H,5-8H2,1H3,(H,16,19). The van der Waals surface area contributed by atoms with Crippen molar-refractivity contribution >= 4 is 29.1 Å². The van der Waals surface area contributed by atoms with Crippen LogP contribution in [0.1, 0.15) is 12.0 Å². The Morgan fingerprint density at radius 1 is 1.50 bits per heavy atom. The van der Waals surface area contributed by atoms with Crippen LogP contribution in [0.2, 0.25) is 5.02 Å². The molecule has 0 bridgehead atoms. The van der Waals surface area contributed by atoms with Crippen molar-refractivity contribution in [3.8, 4) is 0 Å². The van der Waals surface area contributed by atoms with Gasteiger partial charge in [0, 0.05) is 25.6 Å². The molecule has 2 rings (SSSR count). The molecule has 1 aliphatic heterocycles. The van der Waals surface area contributed by atoms with Gasteiger partial charge in [0.05, 0.1) is 10.7 Å². The monoisotopic (exact) mass is 296 g/mol. The van der Waals surface area contributed by atoms with Gasteiger partial charge in [-0.1, -0.05) is 23.7 Å². The fourth-order valence-electron chi connectivity index (χ4n) is 2.23. The Balaban J connectivity index is 2.01. The molecule has 1 unspecified atom stereocenters. The van der Waals surface area contributed by atoms with Crippen molar-refractivity contribution in [2.75, 3.05) is 25.0 Å². The van der Waals surface area contributed by atoms with Gasteiger partial charge in [0.2, 0.25) is 0 Å². The fraction of sp³-hybridized carbons (Fsp3) is 0.429. The number of hydrogen-bond donors (Lipinski definition) is 2. The zero-order valence-electron chi connectivity index (χ0n) is 11.2. The molecule has 5 nitrogen and oxygen atoms in total. The third kappa shape index (κ3) is 3.11. The summed E-state index contributed by atoms with van der Waals surface area (Å²) in [5, 5.41) is 12.0. The van der Waals surface area contributed by atoms with Gasteiger partial charge in [-0.15, -0.1) is 0 Å². The number of amides is 2. The van der Waals surface area contributed by atoms with E-state index in [9.17, 15) is 9.59 Å². The fourth-order valence-corrected chi connectivity index (χ4v) is 2.40. The molecule has 2 amide bonds. The number of halogens is 1. The molecule has 108 valence electrons. The van der Waals surface area contributed by atoms with Crippen molar-refractivity contribution in [3.63, 3.8) is 0 Å². The molecule has 1 fully saturated rings. The summed E-state index contributed by atoms with van der Waals surface area (Å²) in [5.74, 6) is -1.22. The zero-order chi connectivity index (χ0) is 14.7. The predicted octanol–water partition coefficient (Wildman–Crippen LogP) is 1.43. The van der Waals surface area contributed by atoms with E-state index in [1.807, 2.05) is 13.0 Å². The number of carbonyl (C=O) groups excluding carboxylic acids is 2. The Hall–Kier alpha value is -1.59. The summed E-state index contributed by atoms with van der Waals surface area (Å²) in [4.78, 5) is 25.4. The Labute approximate surface area is 122 Å². The summed E-state index contributed by atoms with van der Waals surface area (Å²) in [5.41, 5.74) is 1.27. The highest BCUT2D eigenvalue weighted by atomic mass is 35.5. The van der Waals surface area contributed by atoms with Crippen LogP contribution in [0.15, 0.2) is 18.2 Å². The molecule has 0 saturated carbocycles. The minimum Gasteiger partial charge on any atom is -0.396 e. The Morgan fingerprint density at radius 3 is 2.90 bits per heavy atom. The number of aliphatic hydroxyl groups is 1. The lowest BCUT2D eigenvalue weighted by Crippen LogP contribution is -2.38. The number of rotatable bonds is 2. The van der Waals surface area contributed by atoms with E-state index in [0.717, 1.165) is 12.0 Å². The van der Waals surface area contributed by atoms with Crippen LogP contribution < -0.4 is 5.32 Å². The normalized spacial score (nSPS) is 18.1. The first kappa shape index (κ1) is 14.8. The maximum Gasteiger partial charge on any atom is 0.313 e. The number of aryl methyl sites for hydroxylation is 1. The van der Waals surface area contributed by atoms with E-state index in [2.05, 4.69) is 5.32 Å². The van der Waals surface area contributed by atoms with Gasteiger partial charge in [0.25, 0.3) is 0 Å². The minimum atomic E-state index is -0.698. The van der Waals surface area contributed by atoms with Crippen molar-refractivity contribution in [3.05, 3.63) is 28.8 Å². The molecule has 20 heavy (non-hydrogen) atoms. The lowest BCUT2D eigenvalue weighted by Gasteiger charge is -2.16. The number of likely N-dealkylation sites (tertiary alicyclic amines) is 1. The van der Waals surface area contributed by atoms with Gasteiger partial charge in [-0.2, -0.15) is 0 Å². The highest BCUT2D eigenvalue weighted by Crippen LogP contribution is 2.25. The predicted molar refractivity (Wildman–Crippen MR) is 76.6 cm³/mol. The number of hydrogen-bond acceptors (Lipinski definition) is 3. The Morgan fingerprint density at radius 2 is 2.25 bits per heavy atom. The van der Waals surface area contributed by atoms with Gasteiger partial charge < -0.3 is 15.3 Å². The van der Waals surface area contributed by atoms with Crippen LogP contribution in [0.3, 0.4) is 0 Å². The second-order valence-corrected chi connectivity index (χ2v) is 5.36. The number of anilines is 1. The van der Waals surface area contributed by atoms with E-state index in [1.165, 1.54) is 4.90 Å². The van der Waals surface area contributed by atoms with E-state index in [-0.39, 0.29) is 12.5 Å². The summed E-state index contributed by atoms with van der Waals surface area (Å²) in [6.45, 7) is 2.78. The lowest BCUT2D eigenvalue weighted by atomic mass is 10.1. The van der Waals surface area contributed by atoms with E-state index < -0.39 is 11.8 Å². The van der Waals surface area contributed by atoms with Crippen molar-refractivity contribution in [2.45, 2.75) is 13.3 Å². The Kier molecular flexibility index (Phi) is 4.62. The van der Waals surface area contributed by atoms with Crippen LogP contribution >= 0.6 is 11.6 Å². The largest absolute Gasteiger partial charge is 0.396 e. The molecule has 1 aliphatic rings. The average molecular weight is 297 g/mol. The molecule has 1 saturated heterocycles. The van der Waals surface area contributed by atoms with Gasteiger partial charge in [-0.3, -0.25) is 9.59 Å². The summed E-state index contributed by atoms with van der Waals surface area (Å²) >= 11 is 6.07. The van der Waals surface area contributed by atoms with E-state index >= 15 is 0 Å². The molecule has 0 spiro atoms. The quantitative estimate of drug-likeness (QED) is 0.811. The molecule has 0 radical (unpaired) electrons. The van der Waals surface area contributed by atoms with Crippen LogP contribution in [0.25, 0.3) is 0 Å². The van der Waals surface area contributed by atoms with E-state index in [0.29, 0.717) is 23.8 Å². The van der Waals surface area contributed by atoms with Crippen molar-refractivity contribution in [2.24, 2.45) is 5.92 Å². The molecule has 1 aromatic rings. The number of nitrogens with one attached hydrogen (secondary N) is 1. The second kappa shape index (κ2) is 6.24. The first-order chi connectivity index (χ1) is 9.52. The summed E-state index contributed by atoms with van der Waals surface area (Å²) < 4.78 is 0. The minimum absolute atomic E-state index is 0.0368. The van der Waals surface area contributed by atoms with E-state index in [1.54, 1.807) is 12.1 Å². The maximum absolute atomic E-state index is 12.0. The molecule has 0 aromatic heterocycles. The lowest BCUT2D eigenvalue weighted by molar-refractivity contribution is -0.142. The smallest absolute Gasteiger partial charge is 0.313 e. The van der Waals surface area contributed by atoms with Crippen molar-refractivity contribution < 1.29 is 14.7 Å². The number of benzene rings is 1. The van der Waals surface area contributed by atoms with Crippen LogP contribution in [0.5, 0.6) is 0 Å². The van der Waals surface area contributed by atoms with Crippen LogP contribution in [0.4, 0.5) is 5.69 Å². The summed E-state index contributed by atoms with van der Waals surface area (Å²) in [7, 11) is 0. The highest BCUT2D eigenvalue weighted by Gasteiger charge is 2.29. The second-order valence-electron chi connectivity index (χ2n) is 4.98. The zero-order valence-corrected chi connectivity index (χ0v) is 12.0. The third-order valence-corrected chi connectivity index (χ3v) is 3.97. The summed E-state index contributed by atoms with van der Waals surface area (Å²) in [6, 6.07) is 5.24. The third-order valence-electron chi connectivity index (χ3n) is 3.47. The number of nitrogens with zero attached hydrogens (tertiary/aromatic N) is 1. The molecular formula is C14H17ClN2O3. The number of carbonyl (C=O) groups is 2. The number of aliphatic hydroxyl groups excluding tert-OH is 1. The molecule has 1 aromatic carbocycles. The van der Waals surface area contributed by atoms with Gasteiger partial charge >= 0.3 is 11.8 Å². The van der Waals surface area contributed by atoms with E-state index in [4.69, 9.17) is 16.7 Å². The highest BCUT2D eigenvalue weighted by molar-refractivity contribution is 6.41. The molecule has 6 heteroatoms. The molecule has 1 heterocycles. The van der Waals surface area contributed by atoms with Crippen molar-refractivity contribution in [1.29, 1.82) is 0 Å². The molecule has 1 atom stereocenters. The average Bonchev–Trinajstić information content (AvgIpc) is 2.91. The topological polar surface area (TPSA) is 69.6 Å². The van der Waals surface area contributed by atoms with Crippen LogP contribution in [0, 0.1) is 12.8 Å². The van der Waals surface area contributed by atoms with Gasteiger partial charge in [0.1, 0.15) is 0 Å². The van der Waals surface area contributed by atoms with Gasteiger partial charge in [-0.05, 0) is 25.0 Å².